The van der Waals surface area contributed by atoms with E-state index < -0.39 is 15.7 Å². The maximum absolute atomic E-state index is 12.0. The molecule has 0 unspecified atom stereocenters. The van der Waals surface area contributed by atoms with Crippen LogP contribution in [0.2, 0.25) is 0 Å². The number of benzene rings is 1. The first-order valence-electron chi connectivity index (χ1n) is 5.41. The number of carbonyl (C=O) groups is 1. The van der Waals surface area contributed by atoms with Gasteiger partial charge in [-0.25, -0.2) is 8.42 Å². The Hall–Kier alpha value is -1.76. The van der Waals surface area contributed by atoms with E-state index >= 15 is 0 Å². The van der Waals surface area contributed by atoms with E-state index in [-0.39, 0.29) is 41.7 Å². The summed E-state index contributed by atoms with van der Waals surface area (Å²) in [5.74, 6) is -0.990. The van der Waals surface area contributed by atoms with E-state index in [4.69, 9.17) is 5.11 Å². The molecule has 1 amide bonds. The predicted octanol–water partition coefficient (Wildman–Crippen LogP) is -0.0316. The Kier molecular flexibility index (Phi) is 3.16. The van der Waals surface area contributed by atoms with Crippen molar-refractivity contribution >= 4 is 15.7 Å². The zero-order valence-electron chi connectivity index (χ0n) is 9.54. The maximum Gasteiger partial charge on any atom is 0.257 e. The monoisotopic (exact) mass is 271 g/mol. The largest absolute Gasteiger partial charge is 0.508 e. The first-order chi connectivity index (χ1) is 8.39. The molecule has 0 atom stereocenters. The Morgan fingerprint density at radius 1 is 1.17 bits per heavy atom. The molecule has 2 N–H and O–H groups in total. The van der Waals surface area contributed by atoms with Crippen molar-refractivity contribution in [1.82, 2.24) is 4.90 Å². The third-order valence-electron chi connectivity index (χ3n) is 2.84. The molecular formula is C11H13NO5S. The van der Waals surface area contributed by atoms with Crippen molar-refractivity contribution in [2.24, 2.45) is 0 Å². The molecular weight excluding hydrogens is 258 g/mol. The van der Waals surface area contributed by atoms with E-state index in [0.717, 1.165) is 6.07 Å². The van der Waals surface area contributed by atoms with Gasteiger partial charge in [0.05, 0.1) is 17.1 Å². The summed E-state index contributed by atoms with van der Waals surface area (Å²) < 4.78 is 22.5. The molecule has 2 rings (SSSR count). The average Bonchev–Trinajstić information content (AvgIpc) is 2.28. The number of amides is 1. The third-order valence-corrected chi connectivity index (χ3v) is 4.45. The number of hydrogen-bond acceptors (Lipinski definition) is 5. The zero-order valence-corrected chi connectivity index (χ0v) is 10.4. The van der Waals surface area contributed by atoms with E-state index in [1.165, 1.54) is 17.0 Å². The van der Waals surface area contributed by atoms with Gasteiger partial charge in [-0.2, -0.15) is 0 Å². The molecule has 0 aliphatic carbocycles. The van der Waals surface area contributed by atoms with Crippen molar-refractivity contribution < 1.29 is 23.4 Å². The molecule has 98 valence electrons. The Balaban J connectivity index is 2.17. The minimum absolute atomic E-state index is 0.0580. The quantitative estimate of drug-likeness (QED) is 0.748. The number of hydrogen-bond donors (Lipinski definition) is 2. The molecule has 0 radical (unpaired) electrons. The van der Waals surface area contributed by atoms with E-state index in [0.29, 0.717) is 0 Å². The Bertz CT molecular complexity index is 567. The summed E-state index contributed by atoms with van der Waals surface area (Å²) in [5, 5.41) is 18.7. The number of rotatable bonds is 1. The highest BCUT2D eigenvalue weighted by molar-refractivity contribution is 7.91. The first kappa shape index (κ1) is 12.7. The fourth-order valence-electron chi connectivity index (χ4n) is 1.79. The molecule has 1 aromatic carbocycles. The third kappa shape index (κ3) is 2.56. The number of carbonyl (C=O) groups excluding carboxylic acids is 1. The molecule has 0 spiro atoms. The Morgan fingerprint density at radius 3 is 2.33 bits per heavy atom. The SMILES string of the molecule is O=C(c1ccc(O)cc1O)N1CCS(=O)(=O)CC1. The molecule has 0 saturated carbocycles. The van der Waals surface area contributed by atoms with Gasteiger partial charge in [0, 0.05) is 19.2 Å². The highest BCUT2D eigenvalue weighted by atomic mass is 32.2. The zero-order chi connectivity index (χ0) is 13.3. The second-order valence-electron chi connectivity index (χ2n) is 4.15. The van der Waals surface area contributed by atoms with Crippen molar-refractivity contribution in [3.63, 3.8) is 0 Å². The van der Waals surface area contributed by atoms with Crippen LogP contribution in [-0.2, 0) is 9.84 Å². The van der Waals surface area contributed by atoms with E-state index in [2.05, 4.69) is 0 Å². The lowest BCUT2D eigenvalue weighted by Crippen LogP contribution is -2.43. The van der Waals surface area contributed by atoms with Gasteiger partial charge in [0.15, 0.2) is 9.84 Å². The number of aromatic hydroxyl groups is 2. The van der Waals surface area contributed by atoms with Gasteiger partial charge in [0.25, 0.3) is 5.91 Å². The normalized spacial score (nSPS) is 18.6. The van der Waals surface area contributed by atoms with Crippen LogP contribution in [0.1, 0.15) is 10.4 Å². The van der Waals surface area contributed by atoms with Gasteiger partial charge in [-0.05, 0) is 12.1 Å². The van der Waals surface area contributed by atoms with E-state index in [9.17, 15) is 18.3 Å². The van der Waals surface area contributed by atoms with Crippen molar-refractivity contribution in [3.05, 3.63) is 23.8 Å². The minimum Gasteiger partial charge on any atom is -0.508 e. The van der Waals surface area contributed by atoms with Crippen LogP contribution in [0.5, 0.6) is 11.5 Å². The molecule has 1 heterocycles. The van der Waals surface area contributed by atoms with E-state index in [1.807, 2.05) is 0 Å². The van der Waals surface area contributed by atoms with Crippen LogP contribution in [0.4, 0.5) is 0 Å². The molecule has 6 nitrogen and oxygen atoms in total. The lowest BCUT2D eigenvalue weighted by atomic mass is 10.1. The van der Waals surface area contributed by atoms with Gasteiger partial charge < -0.3 is 15.1 Å². The molecule has 1 fully saturated rings. The standard InChI is InChI=1S/C11H13NO5S/c13-8-1-2-9(10(14)7-8)11(15)12-3-5-18(16,17)6-4-12/h1-2,7,13-14H,3-6H2. The van der Waals surface area contributed by atoms with Gasteiger partial charge in [-0.3, -0.25) is 4.79 Å². The van der Waals surface area contributed by atoms with Gasteiger partial charge >= 0.3 is 0 Å². The van der Waals surface area contributed by atoms with Gasteiger partial charge in [-0.1, -0.05) is 0 Å². The summed E-state index contributed by atoms with van der Waals surface area (Å²) in [6.45, 7) is 0.253. The molecule has 1 saturated heterocycles. The van der Waals surface area contributed by atoms with Crippen LogP contribution in [0, 0.1) is 0 Å². The lowest BCUT2D eigenvalue weighted by Gasteiger charge is -2.26. The van der Waals surface area contributed by atoms with Crippen LogP contribution in [-0.4, -0.2) is 54.0 Å². The molecule has 18 heavy (non-hydrogen) atoms. The molecule has 7 heteroatoms. The first-order valence-corrected chi connectivity index (χ1v) is 7.23. The molecule has 0 bridgehead atoms. The van der Waals surface area contributed by atoms with Gasteiger partial charge in [0.2, 0.25) is 0 Å². The maximum atomic E-state index is 12.0. The fourth-order valence-corrected chi connectivity index (χ4v) is 2.99. The second-order valence-corrected chi connectivity index (χ2v) is 6.45. The molecule has 1 aromatic rings. The van der Waals surface area contributed by atoms with Crippen LogP contribution in [0.25, 0.3) is 0 Å². The topological polar surface area (TPSA) is 94.9 Å². The lowest BCUT2D eigenvalue weighted by molar-refractivity contribution is 0.0767. The summed E-state index contributed by atoms with van der Waals surface area (Å²) in [6, 6.07) is 3.69. The van der Waals surface area contributed by atoms with Crippen molar-refractivity contribution in [2.45, 2.75) is 0 Å². The smallest absolute Gasteiger partial charge is 0.257 e. The number of phenols is 2. The van der Waals surface area contributed by atoms with E-state index in [1.54, 1.807) is 0 Å². The summed E-state index contributed by atoms with van der Waals surface area (Å²) in [5.41, 5.74) is 0.0621. The summed E-state index contributed by atoms with van der Waals surface area (Å²) in [6.07, 6.45) is 0. The van der Waals surface area contributed by atoms with Crippen LogP contribution < -0.4 is 0 Å². The Morgan fingerprint density at radius 2 is 1.78 bits per heavy atom. The summed E-state index contributed by atoms with van der Waals surface area (Å²) in [4.78, 5) is 13.4. The van der Waals surface area contributed by atoms with Crippen LogP contribution >= 0.6 is 0 Å². The van der Waals surface area contributed by atoms with Crippen LogP contribution in [0.15, 0.2) is 18.2 Å². The molecule has 0 aromatic heterocycles. The Labute approximate surface area is 104 Å². The average molecular weight is 271 g/mol. The van der Waals surface area contributed by atoms with Crippen LogP contribution in [0.3, 0.4) is 0 Å². The minimum atomic E-state index is -3.04. The number of nitrogens with zero attached hydrogens (tertiary/aromatic N) is 1. The summed E-state index contributed by atoms with van der Waals surface area (Å²) >= 11 is 0. The highest BCUT2D eigenvalue weighted by Gasteiger charge is 2.26. The molecule has 1 aliphatic heterocycles. The second kappa shape index (κ2) is 4.49. The fraction of sp³-hybridized carbons (Fsp3) is 0.364. The van der Waals surface area contributed by atoms with Gasteiger partial charge in [-0.15, -0.1) is 0 Å². The number of sulfone groups is 1. The highest BCUT2D eigenvalue weighted by Crippen LogP contribution is 2.24. The van der Waals surface area contributed by atoms with Crippen molar-refractivity contribution in [2.75, 3.05) is 24.6 Å². The molecule has 1 aliphatic rings. The van der Waals surface area contributed by atoms with Crippen molar-refractivity contribution in [1.29, 1.82) is 0 Å². The van der Waals surface area contributed by atoms with Crippen molar-refractivity contribution in [3.8, 4) is 11.5 Å². The van der Waals surface area contributed by atoms with Gasteiger partial charge in [0.1, 0.15) is 11.5 Å². The predicted molar refractivity (Wildman–Crippen MR) is 64.3 cm³/mol. The number of phenolic OH excluding ortho intramolecular Hbond substituents is 2. The summed E-state index contributed by atoms with van der Waals surface area (Å²) in [7, 11) is -3.04.